The minimum absolute atomic E-state index is 0.437. The Morgan fingerprint density at radius 1 is 0.667 bits per heavy atom. The van der Waals surface area contributed by atoms with Crippen molar-refractivity contribution in [3.8, 4) is 0 Å². The van der Waals surface area contributed by atoms with Crippen molar-refractivity contribution < 1.29 is 0 Å². The molecule has 0 bridgehead atoms. The van der Waals surface area contributed by atoms with E-state index in [0.29, 0.717) is 0 Å². The Hall–Kier alpha value is 1.48. The van der Waals surface area contributed by atoms with Crippen LogP contribution in [0.4, 0.5) is 0 Å². The highest BCUT2D eigenvalue weighted by atomic mass is 35.5. The molecule has 0 aromatic heterocycles. The molecular weight excluding hydrogens is 321 g/mol. The molecule has 0 atom stereocenters. The maximum Gasteiger partial charge on any atom is 0.0693 e. The van der Waals surface area contributed by atoms with E-state index in [4.69, 9.17) is 69.6 Å². The summed E-state index contributed by atoms with van der Waals surface area (Å²) in [5.74, 6) is 0. The normalized spacial score (nSPS) is 45.3. The van der Waals surface area contributed by atoms with E-state index in [9.17, 15) is 0 Å². The fourth-order valence-corrected chi connectivity index (χ4v) is 3.38. The van der Waals surface area contributed by atoms with Crippen molar-refractivity contribution in [2.24, 2.45) is 0 Å². The van der Waals surface area contributed by atoms with Crippen LogP contribution in [0.5, 0.6) is 0 Å². The van der Waals surface area contributed by atoms with Crippen LogP contribution >= 0.6 is 69.6 Å². The number of hydrogen-bond donors (Lipinski definition) is 0. The quantitative estimate of drug-likeness (QED) is 0.440. The molecule has 0 saturated heterocycles. The van der Waals surface area contributed by atoms with E-state index in [0.717, 1.165) is 0 Å². The van der Waals surface area contributed by atoms with Gasteiger partial charge in [-0.2, -0.15) is 0 Å². The second-order valence-electron chi connectivity index (χ2n) is 3.07. The third-order valence-electron chi connectivity index (χ3n) is 1.83. The van der Waals surface area contributed by atoms with Gasteiger partial charge in [-0.15, -0.1) is 76.2 Å². The van der Waals surface area contributed by atoms with E-state index in [1.165, 1.54) is 0 Å². The lowest BCUT2D eigenvalue weighted by Gasteiger charge is -2.37. The SMILES string of the molecule is C=CC.Cl[C@H]1[C@H](Cl)[C@@H](Cl)[C@@H](Cl)[C@H](Cl)[C@H]1Cl. The molecule has 1 saturated carbocycles. The van der Waals surface area contributed by atoms with Gasteiger partial charge < -0.3 is 0 Å². The fourth-order valence-electron chi connectivity index (χ4n) is 1.05. The summed E-state index contributed by atoms with van der Waals surface area (Å²) in [5, 5.41) is -2.62. The van der Waals surface area contributed by atoms with Crippen molar-refractivity contribution in [2.45, 2.75) is 39.2 Å². The van der Waals surface area contributed by atoms with Gasteiger partial charge >= 0.3 is 0 Å². The van der Waals surface area contributed by atoms with Gasteiger partial charge in [0.25, 0.3) is 0 Å². The molecule has 0 aromatic carbocycles. The fraction of sp³-hybridized carbons (Fsp3) is 0.778. The molecule has 0 N–H and O–H groups in total. The summed E-state index contributed by atoms with van der Waals surface area (Å²) in [7, 11) is 0. The minimum atomic E-state index is -0.437. The highest BCUT2D eigenvalue weighted by Crippen LogP contribution is 2.39. The number of allylic oxidation sites excluding steroid dienone is 1. The zero-order valence-electron chi connectivity index (χ0n) is 8.02. The van der Waals surface area contributed by atoms with Gasteiger partial charge in [-0.3, -0.25) is 0 Å². The predicted octanol–water partition coefficient (Wildman–Crippen LogP) is 4.84. The van der Waals surface area contributed by atoms with Crippen LogP contribution in [0, 0.1) is 0 Å². The van der Waals surface area contributed by atoms with Crippen molar-refractivity contribution in [3.63, 3.8) is 0 Å². The molecule has 15 heavy (non-hydrogen) atoms. The standard InChI is InChI=1S/C6H6Cl6.C3H6/c7-1-2(8)4(10)6(12)5(11)3(1)9;1-3-2/h1-6H;3H,1H2,2H3/t1-,2-,3-,4+,5+,6+;. The smallest absolute Gasteiger partial charge is 0.0693 e. The average Bonchev–Trinajstić information content (AvgIpc) is 2.22. The number of halogens is 6. The molecular formula is C9H12Cl6. The topological polar surface area (TPSA) is 0 Å². The van der Waals surface area contributed by atoms with Crippen molar-refractivity contribution in [1.29, 1.82) is 0 Å². The first-order chi connectivity index (χ1) is 6.88. The van der Waals surface area contributed by atoms with Crippen LogP contribution in [0.3, 0.4) is 0 Å². The second-order valence-corrected chi connectivity index (χ2v) is 6.10. The van der Waals surface area contributed by atoms with Crippen LogP contribution < -0.4 is 0 Å². The molecule has 0 radical (unpaired) electrons. The van der Waals surface area contributed by atoms with E-state index < -0.39 is 32.3 Å². The first kappa shape index (κ1) is 16.5. The van der Waals surface area contributed by atoms with Gasteiger partial charge in [0.1, 0.15) is 0 Å². The van der Waals surface area contributed by atoms with Gasteiger partial charge in [0.2, 0.25) is 0 Å². The van der Waals surface area contributed by atoms with Gasteiger partial charge in [-0.1, -0.05) is 6.08 Å². The van der Waals surface area contributed by atoms with Crippen LogP contribution in [0.25, 0.3) is 0 Å². The third-order valence-corrected chi connectivity index (χ3v) is 5.86. The highest BCUT2D eigenvalue weighted by Gasteiger charge is 2.46. The van der Waals surface area contributed by atoms with Crippen molar-refractivity contribution in [1.82, 2.24) is 0 Å². The molecule has 0 spiro atoms. The van der Waals surface area contributed by atoms with Gasteiger partial charge in [-0.05, 0) is 6.92 Å². The van der Waals surface area contributed by atoms with Gasteiger partial charge in [-0.25, -0.2) is 0 Å². The third kappa shape index (κ3) is 4.33. The Bertz CT molecular complexity index is 139. The summed E-state index contributed by atoms with van der Waals surface area (Å²) in [6.07, 6.45) is 1.75. The molecule has 0 heterocycles. The Labute approximate surface area is 121 Å². The molecule has 0 aromatic rings. The molecule has 0 unspecified atom stereocenters. The van der Waals surface area contributed by atoms with Crippen molar-refractivity contribution in [2.75, 3.05) is 0 Å². The number of alkyl halides is 6. The molecule has 1 rings (SSSR count). The molecule has 1 aliphatic carbocycles. The summed E-state index contributed by atoms with van der Waals surface area (Å²) < 4.78 is 0. The highest BCUT2D eigenvalue weighted by molar-refractivity contribution is 6.45. The zero-order chi connectivity index (χ0) is 12.2. The Balaban J connectivity index is 0.000000583. The van der Waals surface area contributed by atoms with Gasteiger partial charge in [0.05, 0.1) is 32.3 Å². The van der Waals surface area contributed by atoms with E-state index in [1.807, 2.05) is 6.92 Å². The Morgan fingerprint density at radius 3 is 0.800 bits per heavy atom. The number of rotatable bonds is 0. The van der Waals surface area contributed by atoms with E-state index in [-0.39, 0.29) is 0 Å². The molecule has 0 nitrogen and oxygen atoms in total. The number of hydrogen-bond acceptors (Lipinski definition) is 0. The maximum absolute atomic E-state index is 5.88. The van der Waals surface area contributed by atoms with Crippen molar-refractivity contribution >= 4 is 69.6 Å². The molecule has 0 amide bonds. The summed E-state index contributed by atoms with van der Waals surface area (Å²) in [6, 6.07) is 0. The lowest BCUT2D eigenvalue weighted by molar-refractivity contribution is 0.544. The van der Waals surface area contributed by atoms with Crippen LogP contribution in [-0.2, 0) is 0 Å². The summed E-state index contributed by atoms with van der Waals surface area (Å²) >= 11 is 35.3. The summed E-state index contributed by atoms with van der Waals surface area (Å²) in [4.78, 5) is 0. The van der Waals surface area contributed by atoms with Gasteiger partial charge in [0, 0.05) is 0 Å². The Kier molecular flexibility index (Phi) is 8.50. The first-order valence-corrected chi connectivity index (χ1v) is 6.91. The largest absolute Gasteiger partial charge is 0.120 e. The van der Waals surface area contributed by atoms with Gasteiger partial charge in [0.15, 0.2) is 0 Å². The van der Waals surface area contributed by atoms with Crippen molar-refractivity contribution in [3.05, 3.63) is 12.7 Å². The predicted molar refractivity (Wildman–Crippen MR) is 73.7 cm³/mol. The lowest BCUT2D eigenvalue weighted by atomic mass is 9.97. The van der Waals surface area contributed by atoms with Crippen LogP contribution in [0.15, 0.2) is 12.7 Å². The molecule has 6 heteroatoms. The molecule has 1 aliphatic rings. The van der Waals surface area contributed by atoms with Crippen LogP contribution in [0.2, 0.25) is 0 Å². The lowest BCUT2D eigenvalue weighted by Crippen LogP contribution is -2.52. The monoisotopic (exact) mass is 330 g/mol. The first-order valence-electron chi connectivity index (χ1n) is 4.29. The van der Waals surface area contributed by atoms with Crippen LogP contribution in [0.1, 0.15) is 6.92 Å². The van der Waals surface area contributed by atoms with E-state index in [1.54, 1.807) is 6.08 Å². The molecule has 90 valence electrons. The second kappa shape index (κ2) is 7.74. The average molecular weight is 333 g/mol. The summed E-state index contributed by atoms with van der Waals surface area (Å²) in [5.41, 5.74) is 0. The molecule has 0 aliphatic heterocycles. The minimum Gasteiger partial charge on any atom is -0.120 e. The summed E-state index contributed by atoms with van der Waals surface area (Å²) in [6.45, 7) is 5.25. The maximum atomic E-state index is 5.88. The van der Waals surface area contributed by atoms with Crippen LogP contribution in [-0.4, -0.2) is 32.3 Å². The molecule has 1 fully saturated rings. The van der Waals surface area contributed by atoms with E-state index in [2.05, 4.69) is 6.58 Å². The van der Waals surface area contributed by atoms with E-state index >= 15 is 0 Å². The Morgan fingerprint density at radius 2 is 0.733 bits per heavy atom. The zero-order valence-corrected chi connectivity index (χ0v) is 12.6.